The molecule has 25 heavy (non-hydrogen) atoms. The van der Waals surface area contributed by atoms with Gasteiger partial charge in [0.15, 0.2) is 16.6 Å². The fourth-order valence-electron chi connectivity index (χ4n) is 2.35. The number of benzene rings is 1. The lowest BCUT2D eigenvalue weighted by atomic mass is 10.0. The van der Waals surface area contributed by atoms with Crippen molar-refractivity contribution in [2.75, 3.05) is 6.26 Å². The molecule has 0 aliphatic rings. The van der Waals surface area contributed by atoms with Gasteiger partial charge in [-0.1, -0.05) is 11.8 Å². The summed E-state index contributed by atoms with van der Waals surface area (Å²) in [6.07, 6.45) is 3.16. The molecule has 2 aromatic heterocycles. The Morgan fingerprint density at radius 3 is 2.52 bits per heavy atom. The molecule has 1 aromatic carbocycles. The van der Waals surface area contributed by atoms with Crippen LogP contribution >= 0.6 is 11.8 Å². The second kappa shape index (κ2) is 6.44. The first-order valence-electron chi connectivity index (χ1n) is 7.12. The summed E-state index contributed by atoms with van der Waals surface area (Å²) in [5.41, 5.74) is 0.373. The first-order valence-corrected chi connectivity index (χ1v) is 8.34. The highest BCUT2D eigenvalue weighted by molar-refractivity contribution is 7.98. The van der Waals surface area contributed by atoms with E-state index in [9.17, 15) is 19.7 Å². The van der Waals surface area contributed by atoms with Crippen LogP contribution in [-0.2, 0) is 7.05 Å². The smallest absolute Gasteiger partial charge is 0.269 e. The van der Waals surface area contributed by atoms with Crippen molar-refractivity contribution in [3.05, 3.63) is 68.1 Å². The van der Waals surface area contributed by atoms with Crippen LogP contribution in [-0.4, -0.2) is 31.5 Å². The zero-order valence-corrected chi connectivity index (χ0v) is 14.1. The Hall–Kier alpha value is -3.07. The van der Waals surface area contributed by atoms with Crippen molar-refractivity contribution >= 4 is 34.3 Å². The maximum Gasteiger partial charge on any atom is 0.269 e. The number of nitro groups is 1. The lowest BCUT2D eigenvalue weighted by Crippen LogP contribution is -2.20. The molecule has 0 unspecified atom stereocenters. The number of hydrogen-bond acceptors (Lipinski definition) is 7. The molecule has 0 saturated heterocycles. The van der Waals surface area contributed by atoms with E-state index in [2.05, 4.69) is 9.97 Å². The maximum absolute atomic E-state index is 12.5. The van der Waals surface area contributed by atoms with E-state index in [1.807, 2.05) is 0 Å². The predicted molar refractivity (Wildman–Crippen MR) is 93.1 cm³/mol. The Morgan fingerprint density at radius 2 is 1.92 bits per heavy atom. The van der Waals surface area contributed by atoms with Crippen LogP contribution in [0.2, 0.25) is 0 Å². The molecule has 0 atom stereocenters. The van der Waals surface area contributed by atoms with Gasteiger partial charge < -0.3 is 0 Å². The number of aromatic nitrogens is 3. The van der Waals surface area contributed by atoms with Crippen LogP contribution in [0.5, 0.6) is 0 Å². The van der Waals surface area contributed by atoms with E-state index < -0.39 is 4.92 Å². The summed E-state index contributed by atoms with van der Waals surface area (Å²) in [6, 6.07) is 6.71. The molecule has 126 valence electrons. The van der Waals surface area contributed by atoms with Crippen molar-refractivity contribution < 1.29 is 9.72 Å². The van der Waals surface area contributed by atoms with Gasteiger partial charge in [-0.2, -0.15) is 0 Å². The summed E-state index contributed by atoms with van der Waals surface area (Å²) in [7, 11) is 1.60. The van der Waals surface area contributed by atoms with Gasteiger partial charge in [-0.15, -0.1) is 0 Å². The second-order valence-electron chi connectivity index (χ2n) is 5.19. The van der Waals surface area contributed by atoms with Crippen molar-refractivity contribution in [3.63, 3.8) is 0 Å². The van der Waals surface area contributed by atoms with Crippen molar-refractivity contribution in [3.8, 4) is 0 Å². The van der Waals surface area contributed by atoms with Crippen molar-refractivity contribution in [2.24, 2.45) is 7.05 Å². The zero-order valence-electron chi connectivity index (χ0n) is 13.3. The van der Waals surface area contributed by atoms with Gasteiger partial charge in [-0.25, -0.2) is 9.97 Å². The van der Waals surface area contributed by atoms with E-state index >= 15 is 0 Å². The SMILES string of the molecule is CSc1nc2ncc(C(=O)c3ccc([N+](=O)[O-])cc3)cc2c(=O)n1C. The summed E-state index contributed by atoms with van der Waals surface area (Å²) in [5, 5.41) is 11.5. The molecule has 0 bridgehead atoms. The lowest BCUT2D eigenvalue weighted by molar-refractivity contribution is -0.384. The monoisotopic (exact) mass is 356 g/mol. The molecule has 9 heteroatoms. The number of hydrogen-bond donors (Lipinski definition) is 0. The largest absolute Gasteiger partial charge is 0.290 e. The highest BCUT2D eigenvalue weighted by atomic mass is 32.2. The minimum atomic E-state index is -0.537. The molecule has 3 aromatic rings. The first-order chi connectivity index (χ1) is 11.9. The van der Waals surface area contributed by atoms with Crippen molar-refractivity contribution in [1.82, 2.24) is 14.5 Å². The van der Waals surface area contributed by atoms with E-state index in [0.29, 0.717) is 5.16 Å². The number of carbonyl (C=O) groups excluding carboxylic acids is 1. The average molecular weight is 356 g/mol. The molecule has 2 heterocycles. The number of non-ortho nitro benzene ring substituents is 1. The molecule has 0 spiro atoms. The van der Waals surface area contributed by atoms with Crippen molar-refractivity contribution in [1.29, 1.82) is 0 Å². The van der Waals surface area contributed by atoms with Crippen LogP contribution in [0.25, 0.3) is 11.0 Å². The third kappa shape index (κ3) is 3.01. The number of pyridine rings is 1. The van der Waals surface area contributed by atoms with Gasteiger partial charge in [0.05, 0.1) is 10.3 Å². The van der Waals surface area contributed by atoms with E-state index in [0.717, 1.165) is 0 Å². The molecule has 8 nitrogen and oxygen atoms in total. The van der Waals surface area contributed by atoms with Crippen molar-refractivity contribution in [2.45, 2.75) is 5.16 Å². The van der Waals surface area contributed by atoms with Gasteiger partial charge in [0.1, 0.15) is 0 Å². The summed E-state index contributed by atoms with van der Waals surface area (Å²) in [4.78, 5) is 43.5. The molecule has 0 fully saturated rings. The van der Waals surface area contributed by atoms with Gasteiger partial charge >= 0.3 is 0 Å². The van der Waals surface area contributed by atoms with E-state index in [-0.39, 0.29) is 39.2 Å². The molecule has 0 radical (unpaired) electrons. The zero-order chi connectivity index (χ0) is 18.1. The van der Waals surface area contributed by atoms with Gasteiger partial charge in [0.2, 0.25) is 0 Å². The number of thioether (sulfide) groups is 1. The second-order valence-corrected chi connectivity index (χ2v) is 5.96. The van der Waals surface area contributed by atoms with Crippen LogP contribution < -0.4 is 5.56 Å². The molecule has 0 N–H and O–H groups in total. The van der Waals surface area contributed by atoms with Crippen LogP contribution in [0.1, 0.15) is 15.9 Å². The highest BCUT2D eigenvalue weighted by Crippen LogP contribution is 2.18. The minimum Gasteiger partial charge on any atom is -0.290 e. The number of fused-ring (bicyclic) bond motifs is 1. The number of nitrogens with zero attached hydrogens (tertiary/aromatic N) is 4. The summed E-state index contributed by atoms with van der Waals surface area (Å²) < 4.78 is 1.40. The molecule has 0 aliphatic heterocycles. The van der Waals surface area contributed by atoms with Gasteiger partial charge in [-0.3, -0.25) is 24.3 Å². The van der Waals surface area contributed by atoms with Crippen LogP contribution in [0.15, 0.2) is 46.5 Å². The number of rotatable bonds is 4. The third-order valence-corrected chi connectivity index (χ3v) is 4.41. The summed E-state index contributed by atoms with van der Waals surface area (Å²) >= 11 is 1.33. The standard InChI is InChI=1S/C16H12N4O4S/c1-19-15(22)12-7-10(8-17-14(12)18-16(19)25-2)13(21)9-3-5-11(6-4-9)20(23)24/h3-8H,1-2H3. The Labute approximate surface area is 145 Å². The topological polar surface area (TPSA) is 108 Å². The van der Waals surface area contributed by atoms with E-state index in [4.69, 9.17) is 0 Å². The molecular formula is C16H12N4O4S. The molecule has 0 aliphatic carbocycles. The molecule has 0 amide bonds. The van der Waals surface area contributed by atoms with Gasteiger partial charge in [-0.05, 0) is 24.5 Å². The summed E-state index contributed by atoms with van der Waals surface area (Å²) in [5.74, 6) is -0.375. The van der Waals surface area contributed by atoms with Crippen LogP contribution in [0.4, 0.5) is 5.69 Å². The Bertz CT molecular complexity index is 1060. The lowest BCUT2D eigenvalue weighted by Gasteiger charge is -2.07. The fourth-order valence-corrected chi connectivity index (χ4v) is 2.88. The molecule has 3 rings (SSSR count). The van der Waals surface area contributed by atoms with Gasteiger partial charge in [0, 0.05) is 36.5 Å². The third-order valence-electron chi connectivity index (χ3n) is 3.68. The first kappa shape index (κ1) is 16.8. The Morgan fingerprint density at radius 1 is 1.24 bits per heavy atom. The van der Waals surface area contributed by atoms with Crippen LogP contribution in [0.3, 0.4) is 0 Å². The highest BCUT2D eigenvalue weighted by Gasteiger charge is 2.15. The molecule has 0 saturated carbocycles. The minimum absolute atomic E-state index is 0.101. The Kier molecular flexibility index (Phi) is 4.32. The maximum atomic E-state index is 12.5. The Balaban J connectivity index is 2.06. The van der Waals surface area contributed by atoms with E-state index in [1.165, 1.54) is 52.9 Å². The van der Waals surface area contributed by atoms with E-state index in [1.54, 1.807) is 13.3 Å². The number of carbonyl (C=O) groups is 1. The normalized spacial score (nSPS) is 10.8. The predicted octanol–water partition coefficient (Wildman–Crippen LogP) is 2.19. The molecular weight excluding hydrogens is 344 g/mol. The number of nitro benzene ring substituents is 1. The van der Waals surface area contributed by atoms with Gasteiger partial charge in [0.25, 0.3) is 11.2 Å². The number of ketones is 1. The van der Waals surface area contributed by atoms with Crippen LogP contribution in [0, 0.1) is 10.1 Å². The summed E-state index contributed by atoms with van der Waals surface area (Å²) in [6.45, 7) is 0. The quantitative estimate of drug-likeness (QED) is 0.232. The average Bonchev–Trinajstić information content (AvgIpc) is 2.63. The fraction of sp³-hybridized carbons (Fsp3) is 0.125.